The molecule has 0 amide bonds. The highest BCUT2D eigenvalue weighted by Crippen LogP contribution is 2.19. The third-order valence-electron chi connectivity index (χ3n) is 2.63. The molecule has 0 bridgehead atoms. The number of hydrogen-bond acceptors (Lipinski definition) is 1. The fourth-order valence-corrected chi connectivity index (χ4v) is 1.86. The second-order valence-electron chi connectivity index (χ2n) is 3.87. The maximum Gasteiger partial charge on any atom is 0.00701 e. The minimum atomic E-state index is 0.387. The molecule has 78 valence electrons. The van der Waals surface area contributed by atoms with Gasteiger partial charge in [-0.05, 0) is 31.6 Å². The summed E-state index contributed by atoms with van der Waals surface area (Å²) in [6.07, 6.45) is 9.21. The molecule has 0 heterocycles. The SMILES string of the molecule is C=CCCC(N)C(CCC)CCC. The maximum atomic E-state index is 6.13. The van der Waals surface area contributed by atoms with Crippen LogP contribution in [0.2, 0.25) is 0 Å². The van der Waals surface area contributed by atoms with Crippen molar-refractivity contribution >= 4 is 0 Å². The first-order valence-corrected chi connectivity index (χ1v) is 5.62. The zero-order valence-electron chi connectivity index (χ0n) is 9.26. The monoisotopic (exact) mass is 183 g/mol. The fraction of sp³-hybridized carbons (Fsp3) is 0.833. The lowest BCUT2D eigenvalue weighted by atomic mass is 9.88. The third kappa shape index (κ3) is 5.87. The van der Waals surface area contributed by atoms with Crippen LogP contribution in [0, 0.1) is 5.92 Å². The second kappa shape index (κ2) is 8.31. The third-order valence-corrected chi connectivity index (χ3v) is 2.63. The van der Waals surface area contributed by atoms with Crippen molar-refractivity contribution in [1.82, 2.24) is 0 Å². The van der Waals surface area contributed by atoms with Crippen LogP contribution < -0.4 is 5.73 Å². The molecule has 1 heteroatoms. The van der Waals surface area contributed by atoms with Gasteiger partial charge in [-0.3, -0.25) is 0 Å². The van der Waals surface area contributed by atoms with Gasteiger partial charge in [-0.1, -0.05) is 32.8 Å². The quantitative estimate of drug-likeness (QED) is 0.573. The van der Waals surface area contributed by atoms with Crippen molar-refractivity contribution in [1.29, 1.82) is 0 Å². The second-order valence-corrected chi connectivity index (χ2v) is 3.87. The standard InChI is InChI=1S/C12H25N/c1-4-7-10-12(13)11(8-5-2)9-6-3/h4,11-12H,1,5-10,13H2,2-3H3. The van der Waals surface area contributed by atoms with Gasteiger partial charge in [-0.25, -0.2) is 0 Å². The number of hydrogen-bond donors (Lipinski definition) is 1. The van der Waals surface area contributed by atoms with Gasteiger partial charge < -0.3 is 5.73 Å². The molecule has 1 unspecified atom stereocenters. The lowest BCUT2D eigenvalue weighted by Gasteiger charge is -2.22. The molecular formula is C12H25N. The minimum absolute atomic E-state index is 0.387. The van der Waals surface area contributed by atoms with E-state index in [1.807, 2.05) is 6.08 Å². The first-order chi connectivity index (χ1) is 6.26. The molecule has 2 N–H and O–H groups in total. The van der Waals surface area contributed by atoms with Crippen molar-refractivity contribution < 1.29 is 0 Å². The lowest BCUT2D eigenvalue weighted by molar-refractivity contribution is 0.349. The molecule has 0 saturated heterocycles. The molecule has 1 atom stereocenters. The highest BCUT2D eigenvalue weighted by atomic mass is 14.6. The van der Waals surface area contributed by atoms with Crippen LogP contribution in [0.4, 0.5) is 0 Å². The Bertz CT molecular complexity index is 114. The van der Waals surface area contributed by atoms with Crippen LogP contribution in [-0.2, 0) is 0 Å². The molecule has 13 heavy (non-hydrogen) atoms. The van der Waals surface area contributed by atoms with E-state index in [2.05, 4.69) is 20.4 Å². The molecule has 0 radical (unpaired) electrons. The number of allylic oxidation sites excluding steroid dienone is 1. The zero-order chi connectivity index (χ0) is 10.1. The molecule has 0 spiro atoms. The van der Waals surface area contributed by atoms with Crippen molar-refractivity contribution in [2.75, 3.05) is 0 Å². The van der Waals surface area contributed by atoms with E-state index in [1.54, 1.807) is 0 Å². The molecule has 0 aromatic carbocycles. The first kappa shape index (κ1) is 12.7. The van der Waals surface area contributed by atoms with Gasteiger partial charge >= 0.3 is 0 Å². The van der Waals surface area contributed by atoms with Gasteiger partial charge in [0, 0.05) is 6.04 Å². The summed E-state index contributed by atoms with van der Waals surface area (Å²) in [5, 5.41) is 0. The van der Waals surface area contributed by atoms with Crippen LogP contribution in [-0.4, -0.2) is 6.04 Å². The number of nitrogens with two attached hydrogens (primary N) is 1. The van der Waals surface area contributed by atoms with Crippen LogP contribution in [0.5, 0.6) is 0 Å². The van der Waals surface area contributed by atoms with E-state index in [-0.39, 0.29) is 0 Å². The van der Waals surface area contributed by atoms with Crippen molar-refractivity contribution in [3.05, 3.63) is 12.7 Å². The van der Waals surface area contributed by atoms with Gasteiger partial charge in [0.2, 0.25) is 0 Å². The Kier molecular flexibility index (Phi) is 8.11. The normalized spacial score (nSPS) is 13.2. The summed E-state index contributed by atoms with van der Waals surface area (Å²) < 4.78 is 0. The van der Waals surface area contributed by atoms with Crippen LogP contribution in [0.1, 0.15) is 52.4 Å². The molecule has 0 aliphatic rings. The number of rotatable bonds is 8. The van der Waals surface area contributed by atoms with E-state index in [4.69, 9.17) is 5.73 Å². The predicted molar refractivity (Wildman–Crippen MR) is 60.7 cm³/mol. The Balaban J connectivity index is 3.78. The van der Waals surface area contributed by atoms with Crippen molar-refractivity contribution in [2.45, 2.75) is 58.4 Å². The van der Waals surface area contributed by atoms with E-state index < -0.39 is 0 Å². The van der Waals surface area contributed by atoms with Gasteiger partial charge in [0.1, 0.15) is 0 Å². The molecule has 0 aliphatic heterocycles. The highest BCUT2D eigenvalue weighted by Gasteiger charge is 2.14. The summed E-state index contributed by atoms with van der Waals surface area (Å²) in [5.74, 6) is 0.731. The summed E-state index contributed by atoms with van der Waals surface area (Å²) in [7, 11) is 0. The summed E-state index contributed by atoms with van der Waals surface area (Å²) in [6.45, 7) is 8.21. The summed E-state index contributed by atoms with van der Waals surface area (Å²) >= 11 is 0. The van der Waals surface area contributed by atoms with Gasteiger partial charge in [-0.2, -0.15) is 0 Å². The Morgan fingerprint density at radius 3 is 2.08 bits per heavy atom. The molecule has 0 aliphatic carbocycles. The Hall–Kier alpha value is -0.300. The first-order valence-electron chi connectivity index (χ1n) is 5.62. The van der Waals surface area contributed by atoms with Gasteiger partial charge in [-0.15, -0.1) is 6.58 Å². The van der Waals surface area contributed by atoms with E-state index >= 15 is 0 Å². The smallest absolute Gasteiger partial charge is 0.00701 e. The maximum absolute atomic E-state index is 6.13. The molecular weight excluding hydrogens is 158 g/mol. The van der Waals surface area contributed by atoms with Crippen LogP contribution in [0.3, 0.4) is 0 Å². The predicted octanol–water partition coefficient (Wildman–Crippen LogP) is 3.50. The molecule has 0 fully saturated rings. The van der Waals surface area contributed by atoms with E-state index in [1.165, 1.54) is 25.7 Å². The van der Waals surface area contributed by atoms with Crippen molar-refractivity contribution in [3.8, 4) is 0 Å². The molecule has 0 aromatic heterocycles. The van der Waals surface area contributed by atoms with E-state index in [9.17, 15) is 0 Å². The summed E-state index contributed by atoms with van der Waals surface area (Å²) in [5.41, 5.74) is 6.13. The van der Waals surface area contributed by atoms with Gasteiger partial charge in [0.05, 0.1) is 0 Å². The average Bonchev–Trinajstić information content (AvgIpc) is 2.14. The van der Waals surface area contributed by atoms with E-state index in [0.717, 1.165) is 18.8 Å². The van der Waals surface area contributed by atoms with Crippen LogP contribution in [0.25, 0.3) is 0 Å². The fourth-order valence-electron chi connectivity index (χ4n) is 1.86. The molecule has 0 rings (SSSR count). The average molecular weight is 183 g/mol. The lowest BCUT2D eigenvalue weighted by Crippen LogP contribution is -2.29. The topological polar surface area (TPSA) is 26.0 Å². The minimum Gasteiger partial charge on any atom is -0.327 e. The zero-order valence-corrected chi connectivity index (χ0v) is 9.26. The van der Waals surface area contributed by atoms with Crippen molar-refractivity contribution in [3.63, 3.8) is 0 Å². The van der Waals surface area contributed by atoms with E-state index in [0.29, 0.717) is 6.04 Å². The van der Waals surface area contributed by atoms with Gasteiger partial charge in [0.25, 0.3) is 0 Å². The van der Waals surface area contributed by atoms with Crippen LogP contribution in [0.15, 0.2) is 12.7 Å². The van der Waals surface area contributed by atoms with Gasteiger partial charge in [0.15, 0.2) is 0 Å². The Labute approximate surface area is 83.4 Å². The molecule has 0 aromatic rings. The van der Waals surface area contributed by atoms with Crippen molar-refractivity contribution in [2.24, 2.45) is 11.7 Å². The largest absolute Gasteiger partial charge is 0.327 e. The Morgan fingerprint density at radius 2 is 1.69 bits per heavy atom. The summed E-state index contributed by atoms with van der Waals surface area (Å²) in [6, 6.07) is 0.387. The highest BCUT2D eigenvalue weighted by molar-refractivity contribution is 4.77. The summed E-state index contributed by atoms with van der Waals surface area (Å²) in [4.78, 5) is 0. The molecule has 0 saturated carbocycles. The Morgan fingerprint density at radius 1 is 1.15 bits per heavy atom. The molecule has 1 nitrogen and oxygen atoms in total. The van der Waals surface area contributed by atoms with Crippen LogP contribution >= 0.6 is 0 Å².